The van der Waals surface area contributed by atoms with Gasteiger partial charge in [0.15, 0.2) is 5.78 Å². The molecule has 0 aliphatic heterocycles. The molecule has 0 unspecified atom stereocenters. The third-order valence-corrected chi connectivity index (χ3v) is 3.28. The molecule has 0 heterocycles. The van der Waals surface area contributed by atoms with Gasteiger partial charge in [0.05, 0.1) is 6.42 Å². The Hall–Kier alpha value is -1.44. The summed E-state index contributed by atoms with van der Waals surface area (Å²) in [5.41, 5.74) is 3.17. The maximum atomic E-state index is 12.1. The van der Waals surface area contributed by atoms with Gasteiger partial charge in [-0.2, -0.15) is 0 Å². The van der Waals surface area contributed by atoms with E-state index in [9.17, 15) is 9.59 Å². The Kier molecular flexibility index (Phi) is 5.94. The molecule has 0 aliphatic rings. The summed E-state index contributed by atoms with van der Waals surface area (Å²) < 4.78 is 0. The third-order valence-electron chi connectivity index (χ3n) is 3.28. The van der Waals surface area contributed by atoms with Crippen molar-refractivity contribution >= 4 is 11.6 Å². The van der Waals surface area contributed by atoms with Crippen LogP contribution in [0.4, 0.5) is 0 Å². The first-order valence-electron chi connectivity index (χ1n) is 7.14. The van der Waals surface area contributed by atoms with Gasteiger partial charge < -0.3 is 0 Å². The van der Waals surface area contributed by atoms with E-state index in [0.717, 1.165) is 12.8 Å². The zero-order valence-electron chi connectivity index (χ0n) is 12.5. The van der Waals surface area contributed by atoms with Crippen LogP contribution < -0.4 is 0 Å². The van der Waals surface area contributed by atoms with Gasteiger partial charge in [0, 0.05) is 12.0 Å². The quantitative estimate of drug-likeness (QED) is 0.548. The van der Waals surface area contributed by atoms with Crippen molar-refractivity contribution in [3.8, 4) is 0 Å². The summed E-state index contributed by atoms with van der Waals surface area (Å²) in [6, 6.07) is 5.81. The molecule has 0 spiro atoms. The van der Waals surface area contributed by atoms with Crippen LogP contribution in [0.5, 0.6) is 0 Å². The van der Waals surface area contributed by atoms with E-state index in [0.29, 0.717) is 17.9 Å². The summed E-state index contributed by atoms with van der Waals surface area (Å²) >= 11 is 0. The van der Waals surface area contributed by atoms with Crippen LogP contribution in [0.3, 0.4) is 0 Å². The third kappa shape index (κ3) is 4.62. The number of carbonyl (C=O) groups excluding carboxylic acids is 2. The maximum Gasteiger partial charge on any atom is 0.170 e. The van der Waals surface area contributed by atoms with Gasteiger partial charge in [-0.1, -0.05) is 39.8 Å². The second-order valence-electron chi connectivity index (χ2n) is 5.43. The van der Waals surface area contributed by atoms with Gasteiger partial charge in [-0.15, -0.1) is 0 Å². The highest BCUT2D eigenvalue weighted by Crippen LogP contribution is 2.16. The summed E-state index contributed by atoms with van der Waals surface area (Å²) in [6.07, 6.45) is 2.42. The molecule has 0 aliphatic carbocycles. The van der Waals surface area contributed by atoms with Gasteiger partial charge in [-0.05, 0) is 36.0 Å². The molecule has 1 aromatic carbocycles. The molecular formula is C17H24O2. The number of ketones is 2. The molecule has 2 heteroatoms. The Morgan fingerprint density at radius 1 is 1.05 bits per heavy atom. The topological polar surface area (TPSA) is 34.1 Å². The number of carbonyl (C=O) groups is 2. The van der Waals surface area contributed by atoms with Crippen molar-refractivity contribution in [1.29, 1.82) is 0 Å². The Labute approximate surface area is 116 Å². The van der Waals surface area contributed by atoms with Gasteiger partial charge in [-0.25, -0.2) is 0 Å². The van der Waals surface area contributed by atoms with E-state index >= 15 is 0 Å². The molecule has 1 rings (SSSR count). The van der Waals surface area contributed by atoms with Gasteiger partial charge in [-0.3, -0.25) is 9.59 Å². The molecule has 0 fully saturated rings. The molecule has 0 radical (unpaired) electrons. The van der Waals surface area contributed by atoms with E-state index in [1.807, 2.05) is 32.0 Å². The van der Waals surface area contributed by atoms with Crippen LogP contribution in [-0.2, 0) is 17.6 Å². The van der Waals surface area contributed by atoms with Gasteiger partial charge in [0.1, 0.15) is 5.78 Å². The minimum atomic E-state index is -0.0528. The van der Waals surface area contributed by atoms with E-state index in [2.05, 4.69) is 13.8 Å². The first-order chi connectivity index (χ1) is 8.97. The highest BCUT2D eigenvalue weighted by Gasteiger charge is 2.14. The summed E-state index contributed by atoms with van der Waals surface area (Å²) in [5, 5.41) is 0. The Morgan fingerprint density at radius 3 is 2.21 bits per heavy atom. The van der Waals surface area contributed by atoms with E-state index in [-0.39, 0.29) is 18.0 Å². The van der Waals surface area contributed by atoms with Crippen molar-refractivity contribution in [2.24, 2.45) is 5.92 Å². The molecule has 0 saturated carbocycles. The maximum absolute atomic E-state index is 12.1. The monoisotopic (exact) mass is 260 g/mol. The Bertz CT molecular complexity index is 458. The minimum Gasteiger partial charge on any atom is -0.299 e. The van der Waals surface area contributed by atoms with E-state index in [1.165, 1.54) is 11.1 Å². The van der Waals surface area contributed by atoms with Crippen LogP contribution in [0.1, 0.15) is 62.0 Å². The van der Waals surface area contributed by atoms with Crippen LogP contribution in [0.15, 0.2) is 18.2 Å². The highest BCUT2D eigenvalue weighted by molar-refractivity contribution is 6.08. The van der Waals surface area contributed by atoms with E-state index in [1.54, 1.807) is 0 Å². The lowest BCUT2D eigenvalue weighted by Gasteiger charge is -2.08. The molecule has 0 N–H and O–H groups in total. The average molecular weight is 260 g/mol. The van der Waals surface area contributed by atoms with Crippen LogP contribution in [0.25, 0.3) is 0 Å². The largest absolute Gasteiger partial charge is 0.299 e. The number of aryl methyl sites for hydroxylation is 2. The molecule has 2 nitrogen and oxygen atoms in total. The van der Waals surface area contributed by atoms with E-state index in [4.69, 9.17) is 0 Å². The Balaban J connectivity index is 2.80. The SMILES string of the molecule is CCc1ccc(C(=O)CC(=O)CC(C)C)cc1CC. The van der Waals surface area contributed by atoms with Crippen molar-refractivity contribution in [2.75, 3.05) is 0 Å². The lowest BCUT2D eigenvalue weighted by molar-refractivity contribution is -0.118. The second-order valence-corrected chi connectivity index (χ2v) is 5.43. The second kappa shape index (κ2) is 7.22. The van der Waals surface area contributed by atoms with Crippen LogP contribution >= 0.6 is 0 Å². The van der Waals surface area contributed by atoms with Crippen molar-refractivity contribution in [1.82, 2.24) is 0 Å². The summed E-state index contributed by atoms with van der Waals surface area (Å²) in [4.78, 5) is 23.8. The number of benzene rings is 1. The lowest BCUT2D eigenvalue weighted by atomic mass is 9.95. The zero-order valence-corrected chi connectivity index (χ0v) is 12.5. The zero-order chi connectivity index (χ0) is 14.4. The molecular weight excluding hydrogens is 236 g/mol. The molecule has 0 bridgehead atoms. The van der Waals surface area contributed by atoms with Crippen LogP contribution in [0.2, 0.25) is 0 Å². The normalized spacial score (nSPS) is 10.8. The molecule has 0 atom stereocenters. The molecule has 0 aromatic heterocycles. The van der Waals surface area contributed by atoms with Gasteiger partial charge in [0.2, 0.25) is 0 Å². The van der Waals surface area contributed by atoms with Gasteiger partial charge >= 0.3 is 0 Å². The number of hydrogen-bond acceptors (Lipinski definition) is 2. The fraction of sp³-hybridized carbons (Fsp3) is 0.529. The fourth-order valence-corrected chi connectivity index (χ4v) is 2.28. The summed E-state index contributed by atoms with van der Waals surface area (Å²) in [6.45, 7) is 8.19. The lowest BCUT2D eigenvalue weighted by Crippen LogP contribution is -2.11. The van der Waals surface area contributed by atoms with Gasteiger partial charge in [0.25, 0.3) is 0 Å². The molecule has 104 valence electrons. The van der Waals surface area contributed by atoms with E-state index < -0.39 is 0 Å². The summed E-state index contributed by atoms with van der Waals surface area (Å²) in [7, 11) is 0. The van der Waals surface area contributed by atoms with Crippen molar-refractivity contribution in [2.45, 2.75) is 53.4 Å². The van der Waals surface area contributed by atoms with Crippen molar-refractivity contribution < 1.29 is 9.59 Å². The molecule has 0 amide bonds. The predicted octanol–water partition coefficient (Wildman–Crippen LogP) is 4.00. The van der Waals surface area contributed by atoms with Crippen LogP contribution in [-0.4, -0.2) is 11.6 Å². The standard InChI is InChI=1S/C17H24O2/c1-5-13-7-8-15(10-14(13)6-2)17(19)11-16(18)9-12(3)4/h7-8,10,12H,5-6,9,11H2,1-4H3. The number of hydrogen-bond donors (Lipinski definition) is 0. The average Bonchev–Trinajstić information content (AvgIpc) is 2.36. The smallest absolute Gasteiger partial charge is 0.170 e. The fourth-order valence-electron chi connectivity index (χ4n) is 2.28. The molecule has 19 heavy (non-hydrogen) atoms. The molecule has 0 saturated heterocycles. The highest BCUT2D eigenvalue weighted by atomic mass is 16.1. The first-order valence-corrected chi connectivity index (χ1v) is 7.14. The minimum absolute atomic E-state index is 0.0345. The predicted molar refractivity (Wildman–Crippen MR) is 78.6 cm³/mol. The van der Waals surface area contributed by atoms with Crippen molar-refractivity contribution in [3.05, 3.63) is 34.9 Å². The van der Waals surface area contributed by atoms with Crippen molar-refractivity contribution in [3.63, 3.8) is 0 Å². The number of Topliss-reactive ketones (excluding diaryl/α,β-unsaturated/α-hetero) is 2. The first kappa shape index (κ1) is 15.6. The van der Waals surface area contributed by atoms with Crippen LogP contribution in [0, 0.1) is 5.92 Å². The molecule has 1 aromatic rings. The Morgan fingerprint density at radius 2 is 1.68 bits per heavy atom. The number of rotatable bonds is 7. The summed E-state index contributed by atoms with van der Waals surface area (Å²) in [5.74, 6) is 0.301.